The van der Waals surface area contributed by atoms with Gasteiger partial charge in [0.2, 0.25) is 0 Å². The number of halogens is 1. The molecule has 0 aliphatic rings. The van der Waals surface area contributed by atoms with Gasteiger partial charge in [-0.2, -0.15) is 0 Å². The lowest BCUT2D eigenvalue weighted by Gasteiger charge is -1.84. The van der Waals surface area contributed by atoms with Crippen molar-refractivity contribution < 1.29 is 9.90 Å². The summed E-state index contributed by atoms with van der Waals surface area (Å²) in [5.41, 5.74) is 0. The predicted octanol–water partition coefficient (Wildman–Crippen LogP) is 3.20. The molecule has 2 nitrogen and oxygen atoms in total. The topological polar surface area (TPSA) is 37.3 Å². The van der Waals surface area contributed by atoms with Gasteiger partial charge in [-0.25, -0.2) is 4.79 Å². The van der Waals surface area contributed by atoms with E-state index in [1.54, 1.807) is 16.7 Å². The smallest absolute Gasteiger partial charge is 0.328 e. The number of aliphatic carboxylic acids is 1. The van der Waals surface area contributed by atoms with Crippen LogP contribution < -0.4 is 0 Å². The number of thiophene rings is 1. The third-order valence-electron chi connectivity index (χ3n) is 0.943. The maximum Gasteiger partial charge on any atom is 0.328 e. The molecule has 0 bridgehead atoms. The molecule has 1 heterocycles. The first-order chi connectivity index (χ1) is 5.68. The summed E-state index contributed by atoms with van der Waals surface area (Å²) >= 11 is 6.29. The number of hydrogen-bond donors (Lipinski definition) is 1. The molecule has 64 valence electrons. The molecule has 0 radical (unpaired) electrons. The highest BCUT2D eigenvalue weighted by atomic mass is 79.9. The minimum absolute atomic E-state index is 0.918. The van der Waals surface area contributed by atoms with Gasteiger partial charge in [-0.05, 0) is 33.5 Å². The molecule has 0 aliphatic heterocycles. The average Bonchev–Trinajstić information content (AvgIpc) is 2.35. The second-order valence-electron chi connectivity index (χ2n) is 1.82. The highest BCUT2D eigenvalue weighted by Gasteiger charge is 1.95. The first kappa shape index (κ1) is 9.83. The minimum atomic E-state index is -0.918. The monoisotopic (exact) mass is 264 g/mol. The van der Waals surface area contributed by atoms with Crippen molar-refractivity contribution in [3.63, 3.8) is 0 Å². The molecular weight excluding hydrogens is 260 g/mol. The molecule has 0 saturated carbocycles. The van der Waals surface area contributed by atoms with Crippen LogP contribution in [0.3, 0.4) is 0 Å². The lowest BCUT2D eigenvalue weighted by atomic mass is 10.7. The van der Waals surface area contributed by atoms with Gasteiger partial charge in [-0.15, -0.1) is 11.3 Å². The van der Waals surface area contributed by atoms with Gasteiger partial charge in [0, 0.05) is 6.08 Å². The van der Waals surface area contributed by atoms with E-state index in [2.05, 4.69) is 15.9 Å². The summed E-state index contributed by atoms with van der Waals surface area (Å²) in [4.78, 5) is 10.1. The number of rotatable bonds is 3. The Morgan fingerprint density at radius 3 is 2.92 bits per heavy atom. The third kappa shape index (κ3) is 3.42. The summed E-state index contributed by atoms with van der Waals surface area (Å²) in [7, 11) is 0. The minimum Gasteiger partial charge on any atom is -0.478 e. The van der Waals surface area contributed by atoms with E-state index in [1.165, 1.54) is 11.8 Å². The van der Waals surface area contributed by atoms with Crippen LogP contribution in [0.15, 0.2) is 31.6 Å². The predicted molar refractivity (Wildman–Crippen MR) is 54.7 cm³/mol. The van der Waals surface area contributed by atoms with Crippen molar-refractivity contribution in [2.75, 3.05) is 0 Å². The lowest BCUT2D eigenvalue weighted by Crippen LogP contribution is -1.83. The molecule has 0 saturated heterocycles. The lowest BCUT2D eigenvalue weighted by molar-refractivity contribution is -0.131. The summed E-state index contributed by atoms with van der Waals surface area (Å²) in [6.45, 7) is 0. The zero-order valence-electron chi connectivity index (χ0n) is 5.86. The van der Waals surface area contributed by atoms with Gasteiger partial charge in [0.25, 0.3) is 0 Å². The van der Waals surface area contributed by atoms with Crippen LogP contribution in [0.2, 0.25) is 0 Å². The molecular formula is C7H5BrO2S2. The largest absolute Gasteiger partial charge is 0.478 e. The summed E-state index contributed by atoms with van der Waals surface area (Å²) in [5.74, 6) is -0.918. The maximum absolute atomic E-state index is 10.1. The average molecular weight is 265 g/mol. The standard InChI is InChI=1S/C7H5BrO2S2/c8-5-1-2-7(12-5)11-4-3-6(9)10/h1-4H,(H,9,10)/b4-3+. The Morgan fingerprint density at radius 1 is 1.67 bits per heavy atom. The zero-order valence-corrected chi connectivity index (χ0v) is 9.08. The third-order valence-corrected chi connectivity index (χ3v) is 3.54. The Bertz CT molecular complexity index is 306. The van der Waals surface area contributed by atoms with E-state index in [0.717, 1.165) is 14.1 Å². The Labute approximate surface area is 86.4 Å². The zero-order chi connectivity index (χ0) is 8.97. The number of carbonyl (C=O) groups is 1. The van der Waals surface area contributed by atoms with Gasteiger partial charge in [0.05, 0.1) is 8.00 Å². The van der Waals surface area contributed by atoms with Crippen molar-refractivity contribution in [1.82, 2.24) is 0 Å². The molecule has 0 aromatic carbocycles. The van der Waals surface area contributed by atoms with Crippen LogP contribution in [0.5, 0.6) is 0 Å². The van der Waals surface area contributed by atoms with E-state index in [9.17, 15) is 4.79 Å². The molecule has 0 amide bonds. The Kier molecular flexibility index (Phi) is 3.84. The number of hydrogen-bond acceptors (Lipinski definition) is 3. The Balaban J connectivity index is 2.48. The summed E-state index contributed by atoms with van der Waals surface area (Å²) in [5, 5.41) is 9.85. The van der Waals surface area contributed by atoms with Gasteiger partial charge < -0.3 is 5.11 Å². The molecule has 1 N–H and O–H groups in total. The van der Waals surface area contributed by atoms with E-state index in [-0.39, 0.29) is 0 Å². The fraction of sp³-hybridized carbons (Fsp3) is 0. The summed E-state index contributed by atoms with van der Waals surface area (Å²) < 4.78 is 2.12. The van der Waals surface area contributed by atoms with Crippen molar-refractivity contribution in [3.05, 3.63) is 27.4 Å². The van der Waals surface area contributed by atoms with Gasteiger partial charge in [-0.3, -0.25) is 0 Å². The second-order valence-corrected chi connectivity index (χ2v) is 5.49. The molecule has 1 aromatic heterocycles. The van der Waals surface area contributed by atoms with E-state index < -0.39 is 5.97 Å². The van der Waals surface area contributed by atoms with Crippen molar-refractivity contribution >= 4 is 45.0 Å². The molecule has 0 aliphatic carbocycles. The van der Waals surface area contributed by atoms with Gasteiger partial charge >= 0.3 is 5.97 Å². The molecule has 1 rings (SSSR count). The quantitative estimate of drug-likeness (QED) is 0.673. The van der Waals surface area contributed by atoms with Gasteiger partial charge in [0.1, 0.15) is 0 Å². The molecule has 0 spiro atoms. The Hall–Kier alpha value is -0.260. The van der Waals surface area contributed by atoms with E-state index in [0.29, 0.717) is 0 Å². The summed E-state index contributed by atoms with van der Waals surface area (Å²) in [6, 6.07) is 3.87. The highest BCUT2D eigenvalue weighted by molar-refractivity contribution is 9.11. The first-order valence-electron chi connectivity index (χ1n) is 3.00. The number of thioether (sulfide) groups is 1. The number of carboxylic acid groups (broad SMARTS) is 1. The van der Waals surface area contributed by atoms with Crippen LogP contribution in [0.4, 0.5) is 0 Å². The fourth-order valence-electron chi connectivity index (χ4n) is 0.520. The van der Waals surface area contributed by atoms with E-state index in [4.69, 9.17) is 5.11 Å². The molecule has 1 aromatic rings. The summed E-state index contributed by atoms with van der Waals surface area (Å²) in [6.07, 6.45) is 1.12. The molecule has 0 unspecified atom stereocenters. The van der Waals surface area contributed by atoms with E-state index in [1.807, 2.05) is 12.1 Å². The van der Waals surface area contributed by atoms with Crippen molar-refractivity contribution in [3.8, 4) is 0 Å². The maximum atomic E-state index is 10.1. The van der Waals surface area contributed by atoms with Crippen LogP contribution in [0.1, 0.15) is 0 Å². The van der Waals surface area contributed by atoms with Crippen LogP contribution in [-0.2, 0) is 4.79 Å². The van der Waals surface area contributed by atoms with Crippen LogP contribution in [0.25, 0.3) is 0 Å². The van der Waals surface area contributed by atoms with Crippen molar-refractivity contribution in [2.45, 2.75) is 4.21 Å². The van der Waals surface area contributed by atoms with Crippen LogP contribution in [0, 0.1) is 0 Å². The normalized spacial score (nSPS) is 10.8. The van der Waals surface area contributed by atoms with Crippen molar-refractivity contribution in [2.24, 2.45) is 0 Å². The molecule has 0 fully saturated rings. The fourth-order valence-corrected chi connectivity index (χ4v) is 3.06. The SMILES string of the molecule is O=C(O)/C=C/Sc1ccc(Br)s1. The Morgan fingerprint density at radius 2 is 2.42 bits per heavy atom. The molecule has 0 atom stereocenters. The van der Waals surface area contributed by atoms with Gasteiger partial charge in [-0.1, -0.05) is 11.8 Å². The molecule has 5 heteroatoms. The molecule has 12 heavy (non-hydrogen) atoms. The van der Waals surface area contributed by atoms with E-state index >= 15 is 0 Å². The highest BCUT2D eigenvalue weighted by Crippen LogP contribution is 2.30. The van der Waals surface area contributed by atoms with Gasteiger partial charge in [0.15, 0.2) is 0 Å². The van der Waals surface area contributed by atoms with Crippen LogP contribution >= 0.6 is 39.0 Å². The number of carboxylic acids is 1. The second kappa shape index (κ2) is 4.69. The van der Waals surface area contributed by atoms with Crippen molar-refractivity contribution in [1.29, 1.82) is 0 Å². The van der Waals surface area contributed by atoms with Crippen LogP contribution in [-0.4, -0.2) is 11.1 Å². The first-order valence-corrected chi connectivity index (χ1v) is 5.49.